The first kappa shape index (κ1) is 22.5. The van der Waals surface area contributed by atoms with Gasteiger partial charge in [0, 0.05) is 30.5 Å². The molecule has 0 radical (unpaired) electrons. The first-order valence-electron chi connectivity index (χ1n) is 8.99. The third-order valence-corrected chi connectivity index (χ3v) is 5.14. The predicted molar refractivity (Wildman–Crippen MR) is 105 cm³/mol. The fourth-order valence-corrected chi connectivity index (χ4v) is 3.13. The first-order valence-corrected chi connectivity index (χ1v) is 10.9. The third-order valence-electron chi connectivity index (χ3n) is 4.34. The fraction of sp³-hybridized carbons (Fsp3) is 0.444. The molecule has 3 N–H and O–H groups in total. The average Bonchev–Trinajstić information content (AvgIpc) is 3.16. The molecule has 0 aliphatic carbocycles. The molecule has 1 aromatic carbocycles. The van der Waals surface area contributed by atoms with Crippen LogP contribution in [0.3, 0.4) is 0 Å². The number of rotatable bonds is 10. The molecule has 0 fully saturated rings. The van der Waals surface area contributed by atoms with Gasteiger partial charge < -0.3 is 20.2 Å². The maximum absolute atomic E-state index is 12.2. The summed E-state index contributed by atoms with van der Waals surface area (Å²) >= 11 is 0. The SMILES string of the molecule is CCOC(CC)(CCC(=O)Nc1ccc(-c2nnc(S(C)(=O)=O)o2)cc1)C(N)=O. The number of anilines is 1. The van der Waals surface area contributed by atoms with Crippen molar-refractivity contribution in [2.24, 2.45) is 5.73 Å². The van der Waals surface area contributed by atoms with Crippen molar-refractivity contribution in [2.45, 2.75) is 43.9 Å². The molecular formula is C18H24N4O6S. The van der Waals surface area contributed by atoms with Crippen molar-refractivity contribution in [2.75, 3.05) is 18.2 Å². The zero-order valence-electron chi connectivity index (χ0n) is 16.5. The van der Waals surface area contributed by atoms with E-state index in [0.717, 1.165) is 6.26 Å². The lowest BCUT2D eigenvalue weighted by molar-refractivity contribution is -0.145. The molecule has 158 valence electrons. The Labute approximate surface area is 168 Å². The molecule has 0 aliphatic rings. The number of nitrogens with one attached hydrogen (secondary N) is 1. The highest BCUT2D eigenvalue weighted by atomic mass is 32.2. The molecule has 11 heteroatoms. The lowest BCUT2D eigenvalue weighted by Gasteiger charge is -2.28. The van der Waals surface area contributed by atoms with Crippen LogP contribution in [0.1, 0.15) is 33.1 Å². The summed E-state index contributed by atoms with van der Waals surface area (Å²) in [6, 6.07) is 6.44. The number of hydrogen-bond donors (Lipinski definition) is 2. The van der Waals surface area contributed by atoms with Crippen molar-refractivity contribution in [1.82, 2.24) is 10.2 Å². The minimum Gasteiger partial charge on any atom is -0.408 e. The van der Waals surface area contributed by atoms with Gasteiger partial charge in [0.25, 0.3) is 0 Å². The summed E-state index contributed by atoms with van der Waals surface area (Å²) in [4.78, 5) is 24.0. The van der Waals surface area contributed by atoms with E-state index in [-0.39, 0.29) is 24.6 Å². The van der Waals surface area contributed by atoms with Crippen LogP contribution in [0.4, 0.5) is 5.69 Å². The molecule has 1 aromatic heterocycles. The maximum Gasteiger partial charge on any atom is 0.335 e. The van der Waals surface area contributed by atoms with Crippen LogP contribution >= 0.6 is 0 Å². The van der Waals surface area contributed by atoms with Crippen LogP contribution in [-0.4, -0.2) is 48.9 Å². The number of ether oxygens (including phenoxy) is 1. The summed E-state index contributed by atoms with van der Waals surface area (Å²) in [6.45, 7) is 3.86. The van der Waals surface area contributed by atoms with Crippen LogP contribution in [0.15, 0.2) is 33.9 Å². The minimum atomic E-state index is -3.59. The molecular weight excluding hydrogens is 400 g/mol. The van der Waals surface area contributed by atoms with Gasteiger partial charge in [-0.3, -0.25) is 9.59 Å². The summed E-state index contributed by atoms with van der Waals surface area (Å²) in [6.07, 6.45) is 1.57. The van der Waals surface area contributed by atoms with Gasteiger partial charge in [0.05, 0.1) is 0 Å². The van der Waals surface area contributed by atoms with Gasteiger partial charge in [-0.05, 0) is 44.0 Å². The monoisotopic (exact) mass is 424 g/mol. The van der Waals surface area contributed by atoms with E-state index in [0.29, 0.717) is 24.3 Å². The molecule has 2 amide bonds. The van der Waals surface area contributed by atoms with E-state index in [9.17, 15) is 18.0 Å². The van der Waals surface area contributed by atoms with Gasteiger partial charge >= 0.3 is 5.22 Å². The highest BCUT2D eigenvalue weighted by Crippen LogP contribution is 2.24. The van der Waals surface area contributed by atoms with Gasteiger partial charge in [0.15, 0.2) is 0 Å². The smallest absolute Gasteiger partial charge is 0.335 e. The van der Waals surface area contributed by atoms with Crippen LogP contribution in [0.25, 0.3) is 11.5 Å². The molecule has 2 aromatic rings. The Morgan fingerprint density at radius 1 is 1.21 bits per heavy atom. The van der Waals surface area contributed by atoms with Crippen molar-refractivity contribution in [3.8, 4) is 11.5 Å². The van der Waals surface area contributed by atoms with Gasteiger partial charge in [0.1, 0.15) is 5.60 Å². The molecule has 0 saturated carbocycles. The Balaban J connectivity index is 2.01. The molecule has 2 rings (SSSR count). The summed E-state index contributed by atoms with van der Waals surface area (Å²) < 4.78 is 33.5. The van der Waals surface area contributed by atoms with Gasteiger partial charge in [-0.1, -0.05) is 12.0 Å². The second kappa shape index (κ2) is 9.14. The topological polar surface area (TPSA) is 154 Å². The molecule has 0 saturated heterocycles. The Hall–Kier alpha value is -2.79. The maximum atomic E-state index is 12.2. The van der Waals surface area contributed by atoms with Crippen molar-refractivity contribution < 1.29 is 27.2 Å². The van der Waals surface area contributed by atoms with E-state index in [1.54, 1.807) is 38.1 Å². The summed E-state index contributed by atoms with van der Waals surface area (Å²) in [5.41, 5.74) is 5.31. The number of primary amides is 1. The van der Waals surface area contributed by atoms with Crippen LogP contribution in [0.5, 0.6) is 0 Å². The number of amides is 2. The molecule has 1 atom stereocenters. The summed E-state index contributed by atoms with van der Waals surface area (Å²) in [5, 5.41) is 9.45. The minimum absolute atomic E-state index is 0.0502. The van der Waals surface area contributed by atoms with Crippen LogP contribution in [0, 0.1) is 0 Å². The average molecular weight is 424 g/mol. The Bertz CT molecular complexity index is 970. The van der Waals surface area contributed by atoms with Crippen molar-refractivity contribution in [1.29, 1.82) is 0 Å². The Kier molecular flexibility index (Phi) is 7.09. The summed E-state index contributed by atoms with van der Waals surface area (Å²) in [5.74, 6) is -0.838. The molecule has 0 bridgehead atoms. The number of carbonyl (C=O) groups is 2. The van der Waals surface area contributed by atoms with Crippen molar-refractivity contribution in [3.05, 3.63) is 24.3 Å². The highest BCUT2D eigenvalue weighted by molar-refractivity contribution is 7.90. The van der Waals surface area contributed by atoms with Gasteiger partial charge in [-0.2, -0.15) is 0 Å². The number of nitrogens with two attached hydrogens (primary N) is 1. The second-order valence-electron chi connectivity index (χ2n) is 6.42. The number of sulfone groups is 1. The Morgan fingerprint density at radius 3 is 2.34 bits per heavy atom. The number of nitrogens with zero attached hydrogens (tertiary/aromatic N) is 2. The molecule has 1 unspecified atom stereocenters. The normalized spacial score (nSPS) is 13.6. The van der Waals surface area contributed by atoms with E-state index in [4.69, 9.17) is 14.9 Å². The van der Waals surface area contributed by atoms with Gasteiger partial charge in [0.2, 0.25) is 27.5 Å². The number of benzene rings is 1. The molecule has 29 heavy (non-hydrogen) atoms. The largest absolute Gasteiger partial charge is 0.408 e. The third kappa shape index (κ3) is 5.61. The quantitative estimate of drug-likeness (QED) is 0.582. The highest BCUT2D eigenvalue weighted by Gasteiger charge is 2.35. The van der Waals surface area contributed by atoms with E-state index < -0.39 is 26.6 Å². The van der Waals surface area contributed by atoms with Crippen molar-refractivity contribution in [3.63, 3.8) is 0 Å². The molecule has 10 nitrogen and oxygen atoms in total. The summed E-state index contributed by atoms with van der Waals surface area (Å²) in [7, 11) is -3.59. The van der Waals surface area contributed by atoms with Crippen LogP contribution < -0.4 is 11.1 Å². The van der Waals surface area contributed by atoms with E-state index >= 15 is 0 Å². The standard InChI is InChI=1S/C18H24N4O6S/c1-4-18(16(19)24,27-5-2)11-10-14(23)20-13-8-6-12(7-9-13)15-21-22-17(28-15)29(3,25)26/h6-9H,4-5,10-11H2,1-3H3,(H2,19,24)(H,20,23). The van der Waals surface area contributed by atoms with Crippen LogP contribution in [0.2, 0.25) is 0 Å². The fourth-order valence-electron chi connectivity index (χ4n) is 2.71. The predicted octanol–water partition coefficient (Wildman–Crippen LogP) is 1.53. The van der Waals surface area contributed by atoms with Gasteiger partial charge in [-0.15, -0.1) is 5.10 Å². The zero-order chi connectivity index (χ0) is 21.7. The number of hydrogen-bond acceptors (Lipinski definition) is 8. The Morgan fingerprint density at radius 2 is 1.86 bits per heavy atom. The number of aromatic nitrogens is 2. The number of carbonyl (C=O) groups excluding carboxylic acids is 2. The molecule has 1 heterocycles. The lowest BCUT2D eigenvalue weighted by Crippen LogP contribution is -2.46. The van der Waals surface area contributed by atoms with Crippen molar-refractivity contribution >= 4 is 27.3 Å². The van der Waals surface area contributed by atoms with E-state index in [1.165, 1.54) is 0 Å². The zero-order valence-corrected chi connectivity index (χ0v) is 17.3. The first-order chi connectivity index (χ1) is 13.6. The van der Waals surface area contributed by atoms with E-state index in [1.807, 2.05) is 0 Å². The van der Waals surface area contributed by atoms with Crippen LogP contribution in [-0.2, 0) is 24.2 Å². The molecule has 0 spiro atoms. The van der Waals surface area contributed by atoms with E-state index in [2.05, 4.69) is 15.5 Å². The second-order valence-corrected chi connectivity index (χ2v) is 8.31. The van der Waals surface area contributed by atoms with Gasteiger partial charge in [-0.25, -0.2) is 8.42 Å². The lowest BCUT2D eigenvalue weighted by atomic mass is 9.93. The molecule has 0 aliphatic heterocycles.